The second-order valence-electron chi connectivity index (χ2n) is 14.7. The van der Waals surface area contributed by atoms with Gasteiger partial charge in [-0.25, -0.2) is 4.79 Å². The van der Waals surface area contributed by atoms with Crippen molar-refractivity contribution in [3.63, 3.8) is 0 Å². The lowest BCUT2D eigenvalue weighted by atomic mass is 9.36. The number of rotatable bonds is 4. The standard InChI is InChI=1S/C33H48O8/c1-8-17(2)28(36)41-24-15-23(40-18(3)34)31(5)16-39-25-26(31)33(24,7)22-11-13-30(4)20(19-12-14-38-29(19)37)9-10-21(30)32(22,6)27(25)35/h8,10,19-20,22-27,29,35,37H,9,11-16H2,1-7H3. The van der Waals surface area contributed by atoms with Crippen molar-refractivity contribution in [2.24, 2.45) is 45.3 Å². The number of aliphatic hydroxyl groups excluding tert-OH is 2. The Hall–Kier alpha value is -1.74. The van der Waals surface area contributed by atoms with E-state index in [0.29, 0.717) is 25.2 Å². The number of ether oxygens (including phenoxy) is 4. The van der Waals surface area contributed by atoms with Crippen LogP contribution in [0.4, 0.5) is 0 Å². The van der Waals surface area contributed by atoms with Crippen LogP contribution in [0.2, 0.25) is 0 Å². The van der Waals surface area contributed by atoms with Crippen LogP contribution in [0.1, 0.15) is 80.6 Å². The molecule has 3 saturated carbocycles. The van der Waals surface area contributed by atoms with Crippen LogP contribution in [0.25, 0.3) is 0 Å². The zero-order chi connectivity index (χ0) is 29.7. The summed E-state index contributed by atoms with van der Waals surface area (Å²) in [6.45, 7) is 14.8. The molecule has 4 aliphatic carbocycles. The van der Waals surface area contributed by atoms with Gasteiger partial charge in [0.25, 0.3) is 0 Å². The second kappa shape index (κ2) is 9.63. The maximum atomic E-state index is 13.3. The third kappa shape index (κ3) is 3.79. The van der Waals surface area contributed by atoms with E-state index in [-0.39, 0.29) is 41.0 Å². The first-order chi connectivity index (χ1) is 19.2. The summed E-state index contributed by atoms with van der Waals surface area (Å²) in [7, 11) is 0. The van der Waals surface area contributed by atoms with Gasteiger partial charge in [-0.2, -0.15) is 0 Å². The number of allylic oxidation sites excluding steroid dienone is 2. The molecule has 8 nitrogen and oxygen atoms in total. The first-order valence-electron chi connectivity index (χ1n) is 15.6. The van der Waals surface area contributed by atoms with Gasteiger partial charge in [0.15, 0.2) is 6.29 Å². The molecule has 41 heavy (non-hydrogen) atoms. The number of carbonyl (C=O) groups excluding carboxylic acids is 2. The Morgan fingerprint density at radius 2 is 1.78 bits per heavy atom. The van der Waals surface area contributed by atoms with E-state index >= 15 is 0 Å². The minimum atomic E-state index is -0.772. The van der Waals surface area contributed by atoms with Gasteiger partial charge in [0, 0.05) is 47.0 Å². The third-order valence-corrected chi connectivity index (χ3v) is 13.0. The van der Waals surface area contributed by atoms with E-state index in [2.05, 4.69) is 33.8 Å². The summed E-state index contributed by atoms with van der Waals surface area (Å²) < 4.78 is 24.4. The Morgan fingerprint density at radius 3 is 2.41 bits per heavy atom. The van der Waals surface area contributed by atoms with Crippen molar-refractivity contribution in [1.82, 2.24) is 0 Å². The molecule has 13 atom stereocenters. The van der Waals surface area contributed by atoms with Crippen molar-refractivity contribution >= 4 is 11.9 Å². The van der Waals surface area contributed by atoms with Crippen LogP contribution in [0.5, 0.6) is 0 Å². The van der Waals surface area contributed by atoms with E-state index in [9.17, 15) is 19.8 Å². The van der Waals surface area contributed by atoms with Crippen molar-refractivity contribution in [3.05, 3.63) is 23.3 Å². The molecule has 2 N–H and O–H groups in total. The number of carbonyl (C=O) groups is 2. The molecular weight excluding hydrogens is 524 g/mol. The topological polar surface area (TPSA) is 112 Å². The van der Waals surface area contributed by atoms with Crippen molar-refractivity contribution in [2.45, 2.75) is 111 Å². The highest BCUT2D eigenvalue weighted by Crippen LogP contribution is 2.75. The zero-order valence-electron chi connectivity index (χ0n) is 25.6. The summed E-state index contributed by atoms with van der Waals surface area (Å²) in [5, 5.41) is 23.1. The van der Waals surface area contributed by atoms with Gasteiger partial charge in [0.2, 0.25) is 0 Å². The summed E-state index contributed by atoms with van der Waals surface area (Å²) >= 11 is 0. The Morgan fingerprint density at radius 1 is 1.05 bits per heavy atom. The van der Waals surface area contributed by atoms with Crippen LogP contribution in [0, 0.1) is 45.3 Å². The monoisotopic (exact) mass is 572 g/mol. The predicted molar refractivity (Wildman–Crippen MR) is 150 cm³/mol. The number of fused-ring (bicyclic) bond motifs is 4. The van der Waals surface area contributed by atoms with E-state index in [4.69, 9.17) is 18.9 Å². The van der Waals surface area contributed by atoms with E-state index < -0.39 is 47.0 Å². The average molecular weight is 573 g/mol. The maximum Gasteiger partial charge on any atom is 0.333 e. The SMILES string of the molecule is CC=C(C)C(=O)OC1CC(OC(C)=O)C2(C)COC3C(O)C4(C)C5=CCC(C6CCOC6O)C5(C)CCC4C1(C)C32. The normalized spacial score (nSPS) is 52.3. The quantitative estimate of drug-likeness (QED) is 0.291. The summed E-state index contributed by atoms with van der Waals surface area (Å²) in [4.78, 5) is 25.5. The van der Waals surface area contributed by atoms with Crippen molar-refractivity contribution in [2.75, 3.05) is 13.2 Å². The van der Waals surface area contributed by atoms with Crippen LogP contribution < -0.4 is 0 Å². The molecule has 228 valence electrons. The lowest BCUT2D eigenvalue weighted by molar-refractivity contribution is -0.263. The molecule has 0 amide bonds. The predicted octanol–water partition coefficient (Wildman–Crippen LogP) is 4.33. The maximum absolute atomic E-state index is 13.3. The summed E-state index contributed by atoms with van der Waals surface area (Å²) in [6, 6.07) is 0. The highest BCUT2D eigenvalue weighted by molar-refractivity contribution is 5.87. The molecule has 0 bridgehead atoms. The Bertz CT molecular complexity index is 1180. The first kappa shape index (κ1) is 29.3. The molecule has 6 aliphatic rings. The van der Waals surface area contributed by atoms with Gasteiger partial charge in [0.05, 0.1) is 25.4 Å². The number of aliphatic hydroxyl groups is 2. The van der Waals surface area contributed by atoms with Crippen molar-refractivity contribution in [1.29, 1.82) is 0 Å². The van der Waals surface area contributed by atoms with E-state index in [0.717, 1.165) is 25.7 Å². The molecule has 0 aromatic rings. The highest BCUT2D eigenvalue weighted by atomic mass is 16.6. The van der Waals surface area contributed by atoms with Gasteiger partial charge in [-0.3, -0.25) is 4.79 Å². The zero-order valence-corrected chi connectivity index (χ0v) is 25.6. The molecule has 6 rings (SSSR count). The number of esters is 2. The molecule has 8 heteroatoms. The number of hydrogen-bond acceptors (Lipinski definition) is 8. The van der Waals surface area contributed by atoms with E-state index in [1.54, 1.807) is 13.0 Å². The first-order valence-corrected chi connectivity index (χ1v) is 15.6. The Balaban J connectivity index is 1.45. The molecule has 2 heterocycles. The summed E-state index contributed by atoms with van der Waals surface area (Å²) in [5.41, 5.74) is -0.0445. The van der Waals surface area contributed by atoms with Crippen LogP contribution in [0.15, 0.2) is 23.3 Å². The van der Waals surface area contributed by atoms with Gasteiger partial charge in [-0.15, -0.1) is 0 Å². The van der Waals surface area contributed by atoms with Gasteiger partial charge >= 0.3 is 11.9 Å². The van der Waals surface area contributed by atoms with E-state index in [1.807, 2.05) is 6.92 Å². The molecule has 0 radical (unpaired) electrons. The molecule has 5 fully saturated rings. The average Bonchev–Trinajstić information content (AvgIpc) is 3.60. The molecule has 0 spiro atoms. The molecule has 0 aromatic heterocycles. The Labute approximate surface area is 243 Å². The van der Waals surface area contributed by atoms with Gasteiger partial charge in [-0.1, -0.05) is 45.4 Å². The van der Waals surface area contributed by atoms with Crippen LogP contribution >= 0.6 is 0 Å². The lowest BCUT2D eigenvalue weighted by Gasteiger charge is -2.69. The van der Waals surface area contributed by atoms with Crippen LogP contribution in [-0.4, -0.2) is 66.1 Å². The van der Waals surface area contributed by atoms with Gasteiger partial charge in [0.1, 0.15) is 12.2 Å². The van der Waals surface area contributed by atoms with E-state index in [1.165, 1.54) is 12.5 Å². The molecule has 2 saturated heterocycles. The van der Waals surface area contributed by atoms with Crippen LogP contribution in [-0.2, 0) is 28.5 Å². The largest absolute Gasteiger partial charge is 0.462 e. The smallest absolute Gasteiger partial charge is 0.333 e. The Kier molecular flexibility index (Phi) is 6.89. The molecule has 13 unspecified atom stereocenters. The third-order valence-electron chi connectivity index (χ3n) is 13.0. The van der Waals surface area contributed by atoms with Crippen molar-refractivity contribution in [3.8, 4) is 0 Å². The number of hydrogen-bond donors (Lipinski definition) is 2. The minimum absolute atomic E-state index is 0.0112. The van der Waals surface area contributed by atoms with Gasteiger partial charge in [-0.05, 0) is 56.8 Å². The summed E-state index contributed by atoms with van der Waals surface area (Å²) in [5.74, 6) is -0.572. The molecular formula is C33H48O8. The molecule has 0 aromatic carbocycles. The molecule has 2 aliphatic heterocycles. The fraction of sp³-hybridized carbons (Fsp3) is 0.818. The highest BCUT2D eigenvalue weighted by Gasteiger charge is 2.77. The lowest BCUT2D eigenvalue weighted by Crippen LogP contribution is -2.73. The summed E-state index contributed by atoms with van der Waals surface area (Å²) in [6.07, 6.45) is 4.94. The van der Waals surface area contributed by atoms with Gasteiger partial charge < -0.3 is 29.2 Å². The fourth-order valence-electron chi connectivity index (χ4n) is 11.1. The fourth-order valence-corrected chi connectivity index (χ4v) is 11.1. The minimum Gasteiger partial charge on any atom is -0.462 e. The van der Waals surface area contributed by atoms with Crippen molar-refractivity contribution < 1.29 is 38.7 Å². The van der Waals surface area contributed by atoms with Crippen LogP contribution in [0.3, 0.4) is 0 Å². The second-order valence-corrected chi connectivity index (χ2v) is 14.7.